The SMILES string of the molecule is Cc1ccc(Cn2cnc(N3CCN(c4ccc(F)cc4)CC3)nc2=O)cc1. The summed E-state index contributed by atoms with van der Waals surface area (Å²) in [6, 6.07) is 14.6. The Hall–Kier alpha value is -3.22. The van der Waals surface area contributed by atoms with Crippen LogP contribution in [0.4, 0.5) is 16.0 Å². The highest BCUT2D eigenvalue weighted by molar-refractivity contribution is 5.48. The van der Waals surface area contributed by atoms with Crippen molar-refractivity contribution in [3.63, 3.8) is 0 Å². The largest absolute Gasteiger partial charge is 0.368 e. The van der Waals surface area contributed by atoms with Crippen LogP contribution in [0.25, 0.3) is 0 Å². The second-order valence-electron chi connectivity index (χ2n) is 7.00. The monoisotopic (exact) mass is 379 g/mol. The maximum Gasteiger partial charge on any atom is 0.352 e. The zero-order valence-electron chi connectivity index (χ0n) is 15.8. The van der Waals surface area contributed by atoms with Crippen LogP contribution in [-0.2, 0) is 6.54 Å². The van der Waals surface area contributed by atoms with E-state index in [9.17, 15) is 9.18 Å². The molecule has 1 aromatic heterocycles. The van der Waals surface area contributed by atoms with Crippen LogP contribution >= 0.6 is 0 Å². The first-order valence-corrected chi connectivity index (χ1v) is 9.33. The van der Waals surface area contributed by atoms with Gasteiger partial charge >= 0.3 is 5.69 Å². The fraction of sp³-hybridized carbons (Fsp3) is 0.286. The van der Waals surface area contributed by atoms with Crippen LogP contribution in [0, 0.1) is 12.7 Å². The van der Waals surface area contributed by atoms with Crippen molar-refractivity contribution in [2.45, 2.75) is 13.5 Å². The lowest BCUT2D eigenvalue weighted by molar-refractivity contribution is 0.617. The van der Waals surface area contributed by atoms with Gasteiger partial charge in [-0.15, -0.1) is 0 Å². The molecule has 0 atom stereocenters. The Morgan fingerprint density at radius 1 is 0.929 bits per heavy atom. The summed E-state index contributed by atoms with van der Waals surface area (Å²) in [6.45, 7) is 5.43. The number of hydrogen-bond donors (Lipinski definition) is 0. The highest BCUT2D eigenvalue weighted by Crippen LogP contribution is 2.18. The predicted octanol–water partition coefficient (Wildman–Crippen LogP) is 2.46. The van der Waals surface area contributed by atoms with Crippen molar-refractivity contribution in [1.82, 2.24) is 14.5 Å². The quantitative estimate of drug-likeness (QED) is 0.697. The van der Waals surface area contributed by atoms with Crippen LogP contribution in [-0.4, -0.2) is 40.7 Å². The Morgan fingerprint density at radius 2 is 1.57 bits per heavy atom. The first-order valence-electron chi connectivity index (χ1n) is 9.33. The molecule has 6 nitrogen and oxygen atoms in total. The van der Waals surface area contributed by atoms with E-state index in [1.807, 2.05) is 36.1 Å². The highest BCUT2D eigenvalue weighted by Gasteiger charge is 2.20. The third-order valence-corrected chi connectivity index (χ3v) is 4.98. The third-order valence-electron chi connectivity index (χ3n) is 4.98. The normalized spacial score (nSPS) is 14.4. The molecule has 0 bridgehead atoms. The Kier molecular flexibility index (Phi) is 5.06. The van der Waals surface area contributed by atoms with Crippen LogP contribution in [0.3, 0.4) is 0 Å². The molecule has 1 aliphatic heterocycles. The molecule has 0 aliphatic carbocycles. The Morgan fingerprint density at radius 3 is 2.21 bits per heavy atom. The van der Waals surface area contributed by atoms with E-state index in [-0.39, 0.29) is 11.5 Å². The maximum atomic E-state index is 13.1. The molecule has 2 aromatic carbocycles. The predicted molar refractivity (Wildman–Crippen MR) is 107 cm³/mol. The summed E-state index contributed by atoms with van der Waals surface area (Å²) >= 11 is 0. The van der Waals surface area contributed by atoms with Crippen molar-refractivity contribution < 1.29 is 4.39 Å². The number of piperazine rings is 1. The van der Waals surface area contributed by atoms with Crippen molar-refractivity contribution in [2.24, 2.45) is 0 Å². The average molecular weight is 379 g/mol. The first-order chi connectivity index (χ1) is 13.6. The minimum Gasteiger partial charge on any atom is -0.368 e. The van der Waals surface area contributed by atoms with E-state index in [0.29, 0.717) is 25.6 Å². The van der Waals surface area contributed by atoms with Crippen LogP contribution in [0.1, 0.15) is 11.1 Å². The molecule has 3 aromatic rings. The summed E-state index contributed by atoms with van der Waals surface area (Å²) in [6.07, 6.45) is 1.57. The van der Waals surface area contributed by atoms with Gasteiger partial charge < -0.3 is 9.80 Å². The lowest BCUT2D eigenvalue weighted by atomic mass is 10.1. The minimum absolute atomic E-state index is 0.234. The smallest absolute Gasteiger partial charge is 0.352 e. The Labute approximate surface area is 162 Å². The van der Waals surface area contributed by atoms with Gasteiger partial charge in [-0.2, -0.15) is 4.98 Å². The van der Waals surface area contributed by atoms with Crippen molar-refractivity contribution in [2.75, 3.05) is 36.0 Å². The molecule has 1 saturated heterocycles. The van der Waals surface area contributed by atoms with Crippen molar-refractivity contribution in [1.29, 1.82) is 0 Å². The van der Waals surface area contributed by atoms with Gasteiger partial charge in [0, 0.05) is 31.9 Å². The topological polar surface area (TPSA) is 54.3 Å². The maximum absolute atomic E-state index is 13.1. The van der Waals surface area contributed by atoms with Gasteiger partial charge in [0.25, 0.3) is 0 Å². The van der Waals surface area contributed by atoms with Gasteiger partial charge in [0.15, 0.2) is 0 Å². The van der Waals surface area contributed by atoms with Crippen LogP contribution in [0.15, 0.2) is 59.7 Å². The second kappa shape index (κ2) is 7.80. The van der Waals surface area contributed by atoms with E-state index in [1.165, 1.54) is 22.3 Å². The number of hydrogen-bond acceptors (Lipinski definition) is 5. The zero-order chi connectivity index (χ0) is 19.5. The van der Waals surface area contributed by atoms with Crippen LogP contribution in [0.2, 0.25) is 0 Å². The molecule has 0 amide bonds. The van der Waals surface area contributed by atoms with Gasteiger partial charge in [0.2, 0.25) is 5.95 Å². The number of rotatable bonds is 4. The average Bonchev–Trinajstić information content (AvgIpc) is 2.72. The lowest BCUT2D eigenvalue weighted by Crippen LogP contribution is -2.47. The van der Waals surface area contributed by atoms with Crippen molar-refractivity contribution in [3.05, 3.63) is 82.3 Å². The molecule has 0 saturated carbocycles. The highest BCUT2D eigenvalue weighted by atomic mass is 19.1. The van der Waals surface area contributed by atoms with Crippen LogP contribution < -0.4 is 15.5 Å². The van der Waals surface area contributed by atoms with Gasteiger partial charge in [-0.25, -0.2) is 14.2 Å². The summed E-state index contributed by atoms with van der Waals surface area (Å²) in [4.78, 5) is 25.2. The summed E-state index contributed by atoms with van der Waals surface area (Å²) in [7, 11) is 0. The molecule has 0 unspecified atom stereocenters. The number of aryl methyl sites for hydroxylation is 1. The van der Waals surface area contributed by atoms with Gasteiger partial charge in [-0.05, 0) is 36.8 Å². The van der Waals surface area contributed by atoms with E-state index in [2.05, 4.69) is 14.9 Å². The molecule has 0 radical (unpaired) electrons. The Balaban J connectivity index is 1.41. The van der Waals surface area contributed by atoms with Crippen molar-refractivity contribution in [3.8, 4) is 0 Å². The molecule has 7 heteroatoms. The molecular weight excluding hydrogens is 357 g/mol. The van der Waals surface area contributed by atoms with E-state index >= 15 is 0 Å². The fourth-order valence-corrected chi connectivity index (χ4v) is 3.32. The number of halogens is 1. The standard InChI is InChI=1S/C21H22FN5O/c1-16-2-4-17(5-3-16)14-27-15-23-20(24-21(27)28)26-12-10-25(11-13-26)19-8-6-18(22)7-9-19/h2-9,15H,10-14H2,1H3. The van der Waals surface area contributed by atoms with Gasteiger partial charge in [0.1, 0.15) is 12.1 Å². The van der Waals surface area contributed by atoms with E-state index in [4.69, 9.17) is 0 Å². The van der Waals surface area contributed by atoms with Gasteiger partial charge in [-0.1, -0.05) is 29.8 Å². The number of aromatic nitrogens is 3. The van der Waals surface area contributed by atoms with Gasteiger partial charge in [0.05, 0.1) is 6.54 Å². The fourth-order valence-electron chi connectivity index (χ4n) is 3.32. The molecule has 4 rings (SSSR count). The molecule has 28 heavy (non-hydrogen) atoms. The number of benzene rings is 2. The molecule has 1 fully saturated rings. The zero-order valence-corrected chi connectivity index (χ0v) is 15.8. The molecule has 144 valence electrons. The summed E-state index contributed by atoms with van der Waals surface area (Å²) < 4.78 is 14.6. The van der Waals surface area contributed by atoms with Gasteiger partial charge in [-0.3, -0.25) is 4.57 Å². The molecule has 2 heterocycles. The van der Waals surface area contributed by atoms with E-state index in [0.717, 1.165) is 24.3 Å². The number of anilines is 2. The molecular formula is C21H22FN5O. The number of nitrogens with zero attached hydrogens (tertiary/aromatic N) is 5. The van der Waals surface area contributed by atoms with E-state index in [1.54, 1.807) is 18.5 Å². The molecule has 1 aliphatic rings. The summed E-state index contributed by atoms with van der Waals surface area (Å²) in [5.74, 6) is 0.228. The van der Waals surface area contributed by atoms with Crippen LogP contribution in [0.5, 0.6) is 0 Å². The Bertz CT molecular complexity index is 993. The third kappa shape index (κ3) is 4.03. The first kappa shape index (κ1) is 18.2. The molecule has 0 N–H and O–H groups in total. The summed E-state index contributed by atoms with van der Waals surface area (Å²) in [5.41, 5.74) is 2.92. The van der Waals surface area contributed by atoms with Crippen molar-refractivity contribution >= 4 is 11.6 Å². The molecule has 0 spiro atoms. The summed E-state index contributed by atoms with van der Waals surface area (Å²) in [5, 5.41) is 0. The minimum atomic E-state index is -0.300. The second-order valence-corrected chi connectivity index (χ2v) is 7.00. The lowest BCUT2D eigenvalue weighted by Gasteiger charge is -2.36. The van der Waals surface area contributed by atoms with E-state index < -0.39 is 0 Å².